The average Bonchev–Trinajstić information content (AvgIpc) is 0.892. The number of carbonyl (C=O) groups excluding carboxylic acids is 4. The van der Waals surface area contributed by atoms with Crippen molar-refractivity contribution in [1.82, 2.24) is 31.1 Å². The van der Waals surface area contributed by atoms with Crippen LogP contribution < -0.4 is 21.3 Å². The van der Waals surface area contributed by atoms with Crippen LogP contribution in [0.25, 0.3) is 0 Å². The molecule has 16 rings (SSSR count). The molecule has 722 valence electrons. The molecule has 16 aliphatic carbocycles. The standard InChI is InChI=1S/C118H196N6O4/c1-75(2)25-21-29-79(9)95-41-45-99-91-37-33-83-67-87(49-57-111(83,13)103(91)53-61-115(95,99)17)119-107(125)71-123(72-108(126)120-88-50-58-112(14)84(68-88)34-38-92-100-46-42-96(80(10)30-22-26-76(3)4)116(100,18)62-54-104(92)112)65-66-124(73-109(127)121-89-51-59-113(15)85(69-89)35-39-93-101-47-43-97(81(11)31-23-27-77(5)6)117(101,19)63-55-105(93)113)74-110(128)122-90-52-60-114(16)86(70-90)36-40-94-102-48-44-98(82(12)32-24-28-78(7)8)118(102,20)64-56-106(94)114/h33-36,75-82,87-106H,21-32,37-74H2,1-20H3,(H,119,125)(H,120,126)(H,121,127)(H,122,128)/t79-,80-,81-,82-,87?,88?,89?,90?,91+,92+,93+,94+,95-,96-,97-,98-,99+,100+,101+,102+,103+,104+,105+,106+,111+,112+,113+,114+,115-,116-,117-,118-/m1/s1. The molecule has 0 spiro atoms. The Balaban J connectivity index is 0.613. The number of amides is 4. The summed E-state index contributed by atoms with van der Waals surface area (Å²) >= 11 is 0. The third-order valence-electron chi connectivity index (χ3n) is 44.9. The zero-order valence-electron chi connectivity index (χ0n) is 86.4. The predicted octanol–water partition coefficient (Wildman–Crippen LogP) is 27.7. The van der Waals surface area contributed by atoms with Gasteiger partial charge in [-0.05, 0) is 391 Å². The van der Waals surface area contributed by atoms with Crippen LogP contribution in [-0.2, 0) is 19.2 Å². The third kappa shape index (κ3) is 19.5. The number of carbonyl (C=O) groups is 4. The highest BCUT2D eigenvalue weighted by Crippen LogP contribution is 2.73. The zero-order chi connectivity index (χ0) is 91.0. The van der Waals surface area contributed by atoms with Crippen molar-refractivity contribution in [2.45, 2.75) is 445 Å². The highest BCUT2D eigenvalue weighted by molar-refractivity contribution is 5.82. The number of fused-ring (bicyclic) bond motifs is 20. The van der Waals surface area contributed by atoms with Crippen LogP contribution in [0, 0.1) is 185 Å². The Hall–Kier alpha value is -3.24. The van der Waals surface area contributed by atoms with Crippen molar-refractivity contribution in [3.8, 4) is 0 Å². The first kappa shape index (κ1) is 97.8. The van der Waals surface area contributed by atoms with Gasteiger partial charge in [-0.25, -0.2) is 0 Å². The Bertz CT molecular complexity index is 3470. The minimum atomic E-state index is -0.0161. The van der Waals surface area contributed by atoms with Crippen molar-refractivity contribution in [2.75, 3.05) is 39.3 Å². The van der Waals surface area contributed by atoms with E-state index >= 15 is 19.2 Å². The van der Waals surface area contributed by atoms with Gasteiger partial charge in [0.1, 0.15) is 0 Å². The van der Waals surface area contributed by atoms with Gasteiger partial charge in [-0.1, -0.05) is 262 Å². The highest BCUT2D eigenvalue weighted by atomic mass is 16.2. The topological polar surface area (TPSA) is 123 Å². The molecular formula is C118H196N6O4. The fraction of sp³-hybridized carbons (Fsp3) is 0.898. The minimum absolute atomic E-state index is 0.0161. The van der Waals surface area contributed by atoms with E-state index in [0.717, 1.165) is 195 Å². The predicted molar refractivity (Wildman–Crippen MR) is 533 cm³/mol. The van der Waals surface area contributed by atoms with E-state index in [1.165, 1.54) is 205 Å². The Morgan fingerprint density at radius 3 is 0.695 bits per heavy atom. The number of hydrogen-bond donors (Lipinski definition) is 4. The average molecular weight is 1760 g/mol. The molecule has 12 saturated carbocycles. The monoisotopic (exact) mass is 1760 g/mol. The lowest BCUT2D eigenvalue weighted by molar-refractivity contribution is -0.129. The van der Waals surface area contributed by atoms with Crippen molar-refractivity contribution < 1.29 is 19.2 Å². The second kappa shape index (κ2) is 39.7. The SMILES string of the molecule is CC(C)CCC[C@@H](C)[C@H]1CC[C@H]2[C@@H]3CC=C4CC(NC(=O)CN(CCN(CC(=O)NC5CC[C@@]6(C)C(=CC[C@H]7[C@@H]8CC[C@H]([C@H](C)CCCC(C)C)[C@@]8(C)CC[C@@H]76)C5)CC(=O)NC5CC[C@@]6(C)C(=CC[C@H]7[C@@H]8CC[C@H]([C@H](C)CCCC(C)C)[C@@]8(C)CC[C@@H]76)C5)CC(=O)NC5CC[C@@]6(C)C(=CC[C@H]7[C@@H]8CC[C@H]([C@H](C)CCCC(C)C)[C@@]8(C)CC[C@@H]76)C5)CC[C@]4(C)[C@H]3CC[C@]12C. The maximum Gasteiger partial charge on any atom is 0.234 e. The van der Waals surface area contributed by atoms with Gasteiger partial charge in [0.15, 0.2) is 0 Å². The van der Waals surface area contributed by atoms with Gasteiger partial charge in [-0.15, -0.1) is 0 Å². The van der Waals surface area contributed by atoms with Crippen molar-refractivity contribution in [3.05, 3.63) is 46.6 Å². The lowest BCUT2D eigenvalue weighted by atomic mass is 9.47. The third-order valence-corrected chi connectivity index (χ3v) is 44.9. The fourth-order valence-electron chi connectivity index (χ4n) is 37.9. The maximum atomic E-state index is 15.3. The Labute approximate surface area is 785 Å². The van der Waals surface area contributed by atoms with Crippen LogP contribution in [0.15, 0.2) is 46.6 Å². The van der Waals surface area contributed by atoms with Crippen LogP contribution in [-0.4, -0.2) is 96.9 Å². The molecule has 16 aliphatic rings. The molecule has 0 saturated heterocycles. The molecule has 0 radical (unpaired) electrons. The molecule has 10 nitrogen and oxygen atoms in total. The number of nitrogens with zero attached hydrogens (tertiary/aromatic N) is 2. The van der Waals surface area contributed by atoms with Crippen LogP contribution in [0.2, 0.25) is 0 Å². The van der Waals surface area contributed by atoms with Crippen molar-refractivity contribution in [1.29, 1.82) is 0 Å². The molecule has 32 atom stereocenters. The quantitative estimate of drug-likeness (QED) is 0.0469. The molecule has 12 fully saturated rings. The molecule has 10 heteroatoms. The first-order valence-corrected chi connectivity index (χ1v) is 56.3. The van der Waals surface area contributed by atoms with E-state index in [4.69, 9.17) is 0 Å². The molecule has 128 heavy (non-hydrogen) atoms. The normalized spacial score (nSPS) is 42.5. The molecule has 0 aromatic heterocycles. The summed E-state index contributed by atoms with van der Waals surface area (Å²) in [7, 11) is 0. The summed E-state index contributed by atoms with van der Waals surface area (Å²) in [6.07, 6.45) is 65.9. The first-order chi connectivity index (χ1) is 60.9. The molecular weight excluding hydrogens is 1570 g/mol. The smallest absolute Gasteiger partial charge is 0.234 e. The second-order valence-corrected chi connectivity index (χ2v) is 53.6. The van der Waals surface area contributed by atoms with Gasteiger partial charge in [0, 0.05) is 37.3 Å². The minimum Gasteiger partial charge on any atom is -0.352 e. The Morgan fingerprint density at radius 1 is 0.281 bits per heavy atom. The number of rotatable bonds is 35. The summed E-state index contributed by atoms with van der Waals surface area (Å²) in [4.78, 5) is 65.4. The van der Waals surface area contributed by atoms with Gasteiger partial charge < -0.3 is 21.3 Å². The summed E-state index contributed by atoms with van der Waals surface area (Å²) in [5.74, 6) is 18.7. The van der Waals surface area contributed by atoms with Crippen LogP contribution in [0.4, 0.5) is 0 Å². The van der Waals surface area contributed by atoms with Gasteiger partial charge in [-0.2, -0.15) is 0 Å². The summed E-state index contributed by atoms with van der Waals surface area (Å²) in [6.45, 7) is 52.0. The van der Waals surface area contributed by atoms with E-state index in [1.807, 2.05) is 0 Å². The van der Waals surface area contributed by atoms with Crippen LogP contribution >= 0.6 is 0 Å². The molecule has 0 heterocycles. The molecule has 0 aromatic carbocycles. The lowest BCUT2D eigenvalue weighted by Gasteiger charge is -2.58. The Morgan fingerprint density at radius 2 is 0.492 bits per heavy atom. The van der Waals surface area contributed by atoms with Crippen molar-refractivity contribution in [3.63, 3.8) is 0 Å². The van der Waals surface area contributed by atoms with Gasteiger partial charge in [0.2, 0.25) is 23.6 Å². The fourth-order valence-corrected chi connectivity index (χ4v) is 37.9. The van der Waals surface area contributed by atoms with E-state index in [1.54, 1.807) is 22.3 Å². The van der Waals surface area contributed by atoms with E-state index in [0.29, 0.717) is 58.4 Å². The van der Waals surface area contributed by atoms with Crippen LogP contribution in [0.1, 0.15) is 421 Å². The Kier molecular flexibility index (Phi) is 30.3. The number of hydrogen-bond acceptors (Lipinski definition) is 6. The summed E-state index contributed by atoms with van der Waals surface area (Å²) < 4.78 is 0. The van der Waals surface area contributed by atoms with E-state index in [9.17, 15) is 0 Å². The van der Waals surface area contributed by atoms with Gasteiger partial charge in [0.25, 0.3) is 0 Å². The zero-order valence-corrected chi connectivity index (χ0v) is 86.4. The summed E-state index contributed by atoms with van der Waals surface area (Å²) in [5, 5.41) is 14.7. The van der Waals surface area contributed by atoms with Crippen LogP contribution in [0.5, 0.6) is 0 Å². The van der Waals surface area contributed by atoms with Crippen LogP contribution in [0.3, 0.4) is 0 Å². The summed E-state index contributed by atoms with van der Waals surface area (Å²) in [5.41, 5.74) is 8.82. The summed E-state index contributed by atoms with van der Waals surface area (Å²) in [6, 6.07) is 0.187. The molecule has 0 aromatic rings. The highest BCUT2D eigenvalue weighted by Gasteiger charge is 2.65. The van der Waals surface area contributed by atoms with Gasteiger partial charge >= 0.3 is 0 Å². The largest absolute Gasteiger partial charge is 0.352 e. The van der Waals surface area contributed by atoms with Gasteiger partial charge in [0.05, 0.1) is 26.2 Å². The molecule has 0 aliphatic heterocycles. The first-order valence-electron chi connectivity index (χ1n) is 56.3. The molecule has 4 unspecified atom stereocenters. The van der Waals surface area contributed by atoms with E-state index < -0.39 is 0 Å². The molecule has 0 bridgehead atoms. The van der Waals surface area contributed by atoms with Crippen molar-refractivity contribution >= 4 is 23.6 Å². The van der Waals surface area contributed by atoms with Crippen molar-refractivity contribution in [2.24, 2.45) is 185 Å². The number of allylic oxidation sites excluding steroid dienone is 4. The second-order valence-electron chi connectivity index (χ2n) is 53.6. The molecule has 4 N–H and O–H groups in total. The molecule has 4 amide bonds. The lowest BCUT2D eigenvalue weighted by Crippen LogP contribution is -2.54. The van der Waals surface area contributed by atoms with E-state index in [2.05, 4.69) is 194 Å². The van der Waals surface area contributed by atoms with E-state index in [-0.39, 0.29) is 95.6 Å². The van der Waals surface area contributed by atoms with Gasteiger partial charge in [-0.3, -0.25) is 29.0 Å². The maximum absolute atomic E-state index is 15.3. The number of nitrogens with one attached hydrogen (secondary N) is 4.